The molecule has 0 amide bonds. The predicted octanol–water partition coefficient (Wildman–Crippen LogP) is 3.60. The van der Waals surface area contributed by atoms with Gasteiger partial charge in [0, 0.05) is 37.0 Å². The number of carbonyl (C=O) groups excluding carboxylic acids is 1. The van der Waals surface area contributed by atoms with Gasteiger partial charge in [-0.2, -0.15) is 0 Å². The fraction of sp³-hybridized carbons (Fsp3) is 0.318. The lowest BCUT2D eigenvalue weighted by Gasteiger charge is -2.23. The smallest absolute Gasteiger partial charge is 0.187 e. The molecule has 0 atom stereocenters. The average molecular weight is 368 g/mol. The number of nitrogens with zero attached hydrogens (tertiary/aromatic N) is 2. The second-order valence-corrected chi connectivity index (χ2v) is 6.55. The first-order valence-electron chi connectivity index (χ1n) is 8.85. The molecule has 0 aliphatic carbocycles. The molecular weight excluding hydrogens is 340 g/mol. The fourth-order valence-corrected chi connectivity index (χ4v) is 2.71. The van der Waals surface area contributed by atoms with Gasteiger partial charge in [0.05, 0.1) is 14.2 Å². The van der Waals surface area contributed by atoms with Gasteiger partial charge in [-0.3, -0.25) is 4.79 Å². The fourth-order valence-electron chi connectivity index (χ4n) is 2.71. The standard InChI is InChI=1S/C22H28N2O3/c1-23(2)14-15-24(3)20-9-7-6-8-19(20)21(25)12-10-17-16-18(26-4)11-13-22(17)27-5/h6-13,16H,14-15H2,1-5H3. The highest BCUT2D eigenvalue weighted by molar-refractivity contribution is 6.10. The van der Waals surface area contributed by atoms with Crippen molar-refractivity contribution in [2.24, 2.45) is 0 Å². The predicted molar refractivity (Wildman–Crippen MR) is 111 cm³/mol. The lowest BCUT2D eigenvalue weighted by Crippen LogP contribution is -2.29. The number of carbonyl (C=O) groups is 1. The molecule has 0 aliphatic rings. The maximum absolute atomic E-state index is 12.8. The summed E-state index contributed by atoms with van der Waals surface area (Å²) >= 11 is 0. The van der Waals surface area contributed by atoms with Gasteiger partial charge in [-0.1, -0.05) is 12.1 Å². The van der Waals surface area contributed by atoms with Crippen LogP contribution in [0.4, 0.5) is 5.69 Å². The van der Waals surface area contributed by atoms with Crippen LogP contribution < -0.4 is 14.4 Å². The first-order chi connectivity index (χ1) is 13.0. The highest BCUT2D eigenvalue weighted by Crippen LogP contribution is 2.26. The van der Waals surface area contributed by atoms with Crippen molar-refractivity contribution in [3.05, 3.63) is 59.7 Å². The van der Waals surface area contributed by atoms with Crippen LogP contribution in [-0.2, 0) is 0 Å². The molecule has 2 aromatic rings. The second-order valence-electron chi connectivity index (χ2n) is 6.55. The van der Waals surface area contributed by atoms with E-state index in [0.717, 1.165) is 24.3 Å². The summed E-state index contributed by atoms with van der Waals surface area (Å²) in [6.07, 6.45) is 3.34. The minimum atomic E-state index is -0.0489. The third-order valence-corrected chi connectivity index (χ3v) is 4.31. The van der Waals surface area contributed by atoms with Gasteiger partial charge in [0.25, 0.3) is 0 Å². The number of para-hydroxylation sites is 1. The van der Waals surface area contributed by atoms with Crippen molar-refractivity contribution in [1.29, 1.82) is 0 Å². The number of ether oxygens (including phenoxy) is 2. The second kappa shape index (κ2) is 9.78. The number of hydrogen-bond donors (Lipinski definition) is 0. The van der Waals surface area contributed by atoms with E-state index < -0.39 is 0 Å². The van der Waals surface area contributed by atoms with Gasteiger partial charge in [0.15, 0.2) is 5.78 Å². The largest absolute Gasteiger partial charge is 0.497 e. The van der Waals surface area contributed by atoms with E-state index in [4.69, 9.17) is 9.47 Å². The maximum atomic E-state index is 12.8. The summed E-state index contributed by atoms with van der Waals surface area (Å²) in [6, 6.07) is 13.2. The van der Waals surface area contributed by atoms with Crippen LogP contribution in [0.3, 0.4) is 0 Å². The zero-order valence-electron chi connectivity index (χ0n) is 16.7. The van der Waals surface area contributed by atoms with Gasteiger partial charge < -0.3 is 19.3 Å². The summed E-state index contributed by atoms with van der Waals surface area (Å²) in [6.45, 7) is 1.75. The maximum Gasteiger partial charge on any atom is 0.187 e. The number of hydrogen-bond acceptors (Lipinski definition) is 5. The van der Waals surface area contributed by atoms with Crippen molar-refractivity contribution in [2.45, 2.75) is 0 Å². The topological polar surface area (TPSA) is 42.0 Å². The number of rotatable bonds is 9. The van der Waals surface area contributed by atoms with Gasteiger partial charge in [-0.15, -0.1) is 0 Å². The Hall–Kier alpha value is -2.79. The minimum Gasteiger partial charge on any atom is -0.497 e. The molecule has 0 unspecified atom stereocenters. The number of likely N-dealkylation sites (N-methyl/N-ethyl adjacent to an activating group) is 2. The van der Waals surface area contributed by atoms with Crippen LogP contribution in [0.25, 0.3) is 6.08 Å². The molecule has 0 bridgehead atoms. The van der Waals surface area contributed by atoms with Gasteiger partial charge in [0.1, 0.15) is 11.5 Å². The molecule has 0 N–H and O–H groups in total. The van der Waals surface area contributed by atoms with Crippen molar-refractivity contribution in [3.63, 3.8) is 0 Å². The molecule has 0 heterocycles. The van der Waals surface area contributed by atoms with Crippen LogP contribution in [0, 0.1) is 0 Å². The van der Waals surface area contributed by atoms with E-state index in [1.165, 1.54) is 0 Å². The van der Waals surface area contributed by atoms with Crippen LogP contribution in [-0.4, -0.2) is 59.1 Å². The van der Waals surface area contributed by atoms with Crippen LogP contribution in [0.5, 0.6) is 11.5 Å². The van der Waals surface area contributed by atoms with Crippen LogP contribution >= 0.6 is 0 Å². The van der Waals surface area contributed by atoms with Crippen molar-refractivity contribution in [2.75, 3.05) is 53.4 Å². The molecule has 5 heteroatoms. The Balaban J connectivity index is 2.25. The third kappa shape index (κ3) is 5.59. The van der Waals surface area contributed by atoms with Crippen LogP contribution in [0.15, 0.2) is 48.5 Å². The monoisotopic (exact) mass is 368 g/mol. The summed E-state index contributed by atoms with van der Waals surface area (Å²) in [7, 11) is 9.30. The van der Waals surface area contributed by atoms with Gasteiger partial charge in [-0.25, -0.2) is 0 Å². The molecule has 27 heavy (non-hydrogen) atoms. The minimum absolute atomic E-state index is 0.0489. The normalized spacial score (nSPS) is 11.0. The first-order valence-corrected chi connectivity index (χ1v) is 8.85. The summed E-state index contributed by atoms with van der Waals surface area (Å²) < 4.78 is 10.6. The van der Waals surface area contributed by atoms with E-state index in [0.29, 0.717) is 17.1 Å². The van der Waals surface area contributed by atoms with Crippen molar-refractivity contribution < 1.29 is 14.3 Å². The number of ketones is 1. The number of methoxy groups -OCH3 is 2. The summed E-state index contributed by atoms with van der Waals surface area (Å²) in [5, 5.41) is 0. The highest BCUT2D eigenvalue weighted by Gasteiger charge is 2.12. The highest BCUT2D eigenvalue weighted by atomic mass is 16.5. The quantitative estimate of drug-likeness (QED) is 0.500. The SMILES string of the molecule is COc1ccc(OC)c(C=CC(=O)c2ccccc2N(C)CCN(C)C)c1. The zero-order chi connectivity index (χ0) is 19.8. The van der Waals surface area contributed by atoms with Gasteiger partial charge in [-0.05, 0) is 56.6 Å². The molecule has 5 nitrogen and oxygen atoms in total. The molecule has 0 saturated heterocycles. The van der Waals surface area contributed by atoms with Gasteiger partial charge in [0.2, 0.25) is 0 Å². The van der Waals surface area contributed by atoms with Crippen LogP contribution in [0.1, 0.15) is 15.9 Å². The van der Waals surface area contributed by atoms with Gasteiger partial charge >= 0.3 is 0 Å². The van der Waals surface area contributed by atoms with Crippen LogP contribution in [0.2, 0.25) is 0 Å². The molecule has 0 radical (unpaired) electrons. The molecule has 0 aliphatic heterocycles. The van der Waals surface area contributed by atoms with Crippen molar-refractivity contribution >= 4 is 17.5 Å². The number of anilines is 1. The molecule has 0 aromatic heterocycles. The van der Waals surface area contributed by atoms with E-state index in [1.807, 2.05) is 63.6 Å². The third-order valence-electron chi connectivity index (χ3n) is 4.31. The summed E-state index contributed by atoms with van der Waals surface area (Å²) in [5.74, 6) is 1.36. The zero-order valence-corrected chi connectivity index (χ0v) is 16.7. The Morgan fingerprint density at radius 3 is 2.41 bits per heavy atom. The molecule has 2 rings (SSSR count). The molecule has 0 saturated carbocycles. The Bertz CT molecular complexity index is 800. The first kappa shape index (κ1) is 20.5. The van der Waals surface area contributed by atoms with E-state index in [1.54, 1.807) is 26.4 Å². The average Bonchev–Trinajstić information content (AvgIpc) is 2.69. The van der Waals surface area contributed by atoms with Crippen molar-refractivity contribution in [1.82, 2.24) is 4.90 Å². The molecule has 144 valence electrons. The summed E-state index contributed by atoms with van der Waals surface area (Å²) in [4.78, 5) is 17.1. The Kier molecular flexibility index (Phi) is 7.44. The van der Waals surface area contributed by atoms with E-state index in [-0.39, 0.29) is 5.78 Å². The Labute approximate surface area is 161 Å². The molecule has 0 fully saturated rings. The Morgan fingerprint density at radius 1 is 1.00 bits per heavy atom. The molecule has 0 spiro atoms. The number of allylic oxidation sites excluding steroid dienone is 1. The van der Waals surface area contributed by atoms with E-state index in [9.17, 15) is 4.79 Å². The Morgan fingerprint density at radius 2 is 1.74 bits per heavy atom. The van der Waals surface area contributed by atoms with E-state index >= 15 is 0 Å². The molecular formula is C22H28N2O3. The summed E-state index contributed by atoms with van der Waals surface area (Å²) in [5.41, 5.74) is 2.40. The molecule has 2 aromatic carbocycles. The lowest BCUT2D eigenvalue weighted by molar-refractivity contribution is 0.104. The van der Waals surface area contributed by atoms with Crippen molar-refractivity contribution in [3.8, 4) is 11.5 Å². The lowest BCUT2D eigenvalue weighted by atomic mass is 10.1. The van der Waals surface area contributed by atoms with E-state index in [2.05, 4.69) is 9.80 Å². The number of benzene rings is 2.